The molecule has 9 nitrogen and oxygen atoms in total. The Morgan fingerprint density at radius 3 is 2.49 bits per heavy atom. The Hall–Kier alpha value is -3.83. The number of thiophene rings is 1. The number of allylic oxidation sites excluding steroid dienone is 1. The molecular weight excluding hydrogens is 492 g/mol. The largest absolute Gasteiger partial charge is 0.466 e. The normalized spacial score (nSPS) is 15.3. The van der Waals surface area contributed by atoms with Gasteiger partial charge in [-0.15, -0.1) is 11.3 Å². The van der Waals surface area contributed by atoms with E-state index in [0.29, 0.717) is 26.2 Å². The van der Waals surface area contributed by atoms with Crippen molar-refractivity contribution in [2.75, 3.05) is 7.11 Å². The van der Waals surface area contributed by atoms with Crippen molar-refractivity contribution in [3.63, 3.8) is 0 Å². The Labute approximate surface area is 207 Å². The van der Waals surface area contributed by atoms with Crippen LogP contribution in [0.3, 0.4) is 0 Å². The Balaban J connectivity index is 1.91. The molecule has 11 heteroatoms. The second kappa shape index (κ2) is 9.80. The van der Waals surface area contributed by atoms with Crippen molar-refractivity contribution >= 4 is 46.7 Å². The first kappa shape index (κ1) is 24.3. The van der Waals surface area contributed by atoms with E-state index in [4.69, 9.17) is 14.2 Å². The molecule has 2 aromatic heterocycles. The zero-order chi connectivity index (χ0) is 25.3. The third-order valence-electron chi connectivity index (χ3n) is 5.03. The first-order valence-electron chi connectivity index (χ1n) is 10.3. The third-order valence-corrected chi connectivity index (χ3v) is 6.93. The molecule has 35 heavy (non-hydrogen) atoms. The van der Waals surface area contributed by atoms with E-state index in [1.807, 2.05) is 17.5 Å². The molecule has 0 bridgehead atoms. The van der Waals surface area contributed by atoms with E-state index in [0.717, 1.165) is 16.2 Å². The standard InChI is InChI=1S/C24H20N2O7S2/c1-12-20(23(30)31-4)21(18-6-5-9-34-18)26-22(29)19(35-24(26)25-12)10-15-7-8-16(32-13(2)27)11-17(15)33-14(3)28/h5-11,21H,1-4H3/b19-10-. The molecule has 1 aliphatic heterocycles. The van der Waals surface area contributed by atoms with Gasteiger partial charge in [0.2, 0.25) is 0 Å². The van der Waals surface area contributed by atoms with Gasteiger partial charge in [-0.2, -0.15) is 0 Å². The lowest BCUT2D eigenvalue weighted by molar-refractivity contribution is -0.137. The second-order valence-electron chi connectivity index (χ2n) is 7.48. The number of methoxy groups -OCH3 is 1. The molecule has 1 aromatic carbocycles. The van der Waals surface area contributed by atoms with Gasteiger partial charge < -0.3 is 14.2 Å². The lowest BCUT2D eigenvalue weighted by Gasteiger charge is -2.22. The Morgan fingerprint density at radius 1 is 1.11 bits per heavy atom. The molecule has 1 aliphatic rings. The summed E-state index contributed by atoms with van der Waals surface area (Å²) in [5.41, 5.74) is 0.825. The summed E-state index contributed by atoms with van der Waals surface area (Å²) in [6, 6.07) is 7.53. The number of carbonyl (C=O) groups excluding carboxylic acids is 3. The predicted molar refractivity (Wildman–Crippen MR) is 129 cm³/mol. The Kier molecular flexibility index (Phi) is 6.81. The van der Waals surface area contributed by atoms with Crippen LogP contribution in [0.1, 0.15) is 37.3 Å². The van der Waals surface area contributed by atoms with E-state index in [9.17, 15) is 19.2 Å². The fourth-order valence-corrected chi connectivity index (χ4v) is 5.52. The quantitative estimate of drug-likeness (QED) is 0.381. The third kappa shape index (κ3) is 4.86. The number of rotatable bonds is 5. The highest BCUT2D eigenvalue weighted by Crippen LogP contribution is 2.33. The number of ether oxygens (including phenoxy) is 3. The molecular formula is C24H20N2O7S2. The van der Waals surface area contributed by atoms with Crippen molar-refractivity contribution in [1.29, 1.82) is 0 Å². The van der Waals surface area contributed by atoms with Gasteiger partial charge in [-0.25, -0.2) is 9.79 Å². The first-order chi connectivity index (χ1) is 16.7. The maximum Gasteiger partial charge on any atom is 0.338 e. The summed E-state index contributed by atoms with van der Waals surface area (Å²) in [7, 11) is 1.29. The van der Waals surface area contributed by atoms with Crippen molar-refractivity contribution in [2.24, 2.45) is 4.99 Å². The van der Waals surface area contributed by atoms with E-state index in [1.54, 1.807) is 19.1 Å². The van der Waals surface area contributed by atoms with Crippen LogP contribution in [0.4, 0.5) is 0 Å². The SMILES string of the molecule is COC(=O)C1=C(C)N=c2s/c(=C\c3ccc(OC(C)=O)cc3OC(C)=O)c(=O)n2C1c1cccs1. The second-order valence-corrected chi connectivity index (χ2v) is 9.46. The molecule has 1 unspecified atom stereocenters. The van der Waals surface area contributed by atoms with E-state index < -0.39 is 23.9 Å². The zero-order valence-electron chi connectivity index (χ0n) is 19.2. The molecule has 0 spiro atoms. The summed E-state index contributed by atoms with van der Waals surface area (Å²) < 4.78 is 17.1. The monoisotopic (exact) mass is 512 g/mol. The van der Waals surface area contributed by atoms with Gasteiger partial charge in [0.15, 0.2) is 4.80 Å². The van der Waals surface area contributed by atoms with Gasteiger partial charge in [0.1, 0.15) is 17.5 Å². The fraction of sp³-hybridized carbons (Fsp3) is 0.208. The lowest BCUT2D eigenvalue weighted by Crippen LogP contribution is -2.39. The summed E-state index contributed by atoms with van der Waals surface area (Å²) in [6.45, 7) is 4.21. The molecule has 0 aliphatic carbocycles. The molecule has 3 aromatic rings. The minimum Gasteiger partial charge on any atom is -0.466 e. The van der Waals surface area contributed by atoms with Crippen LogP contribution in [0.25, 0.3) is 6.08 Å². The average molecular weight is 513 g/mol. The number of nitrogens with zero attached hydrogens (tertiary/aromatic N) is 2. The number of aromatic nitrogens is 1. The molecule has 0 saturated carbocycles. The van der Waals surface area contributed by atoms with Crippen LogP contribution in [0.15, 0.2) is 56.8 Å². The molecule has 0 radical (unpaired) electrons. The van der Waals surface area contributed by atoms with Gasteiger partial charge >= 0.3 is 17.9 Å². The van der Waals surface area contributed by atoms with Gasteiger partial charge in [-0.1, -0.05) is 17.4 Å². The smallest absolute Gasteiger partial charge is 0.338 e. The van der Waals surface area contributed by atoms with Gasteiger partial charge in [0.05, 0.1) is 22.9 Å². The van der Waals surface area contributed by atoms with E-state index >= 15 is 0 Å². The molecule has 3 heterocycles. The van der Waals surface area contributed by atoms with Crippen molar-refractivity contribution in [2.45, 2.75) is 26.8 Å². The zero-order valence-corrected chi connectivity index (χ0v) is 20.8. The summed E-state index contributed by atoms with van der Waals surface area (Å²) in [6.07, 6.45) is 1.57. The fourth-order valence-electron chi connectivity index (χ4n) is 3.66. The van der Waals surface area contributed by atoms with Crippen LogP contribution in [-0.4, -0.2) is 29.6 Å². The van der Waals surface area contributed by atoms with E-state index in [2.05, 4.69) is 4.99 Å². The molecule has 4 rings (SSSR count). The minimum absolute atomic E-state index is 0.128. The van der Waals surface area contributed by atoms with Crippen LogP contribution in [-0.2, 0) is 19.1 Å². The first-order valence-corrected chi connectivity index (χ1v) is 12.0. The van der Waals surface area contributed by atoms with Gasteiger partial charge in [-0.05, 0) is 36.6 Å². The van der Waals surface area contributed by atoms with E-state index in [1.165, 1.54) is 49.0 Å². The summed E-state index contributed by atoms with van der Waals surface area (Å²) in [5.74, 6) is -1.33. The Bertz CT molecular complexity index is 1550. The summed E-state index contributed by atoms with van der Waals surface area (Å²) >= 11 is 2.56. The maximum atomic E-state index is 13.6. The molecule has 0 saturated heterocycles. The topological polar surface area (TPSA) is 113 Å². The molecule has 0 fully saturated rings. The van der Waals surface area contributed by atoms with Crippen molar-refractivity contribution in [3.05, 3.63) is 77.1 Å². The highest BCUT2D eigenvalue weighted by atomic mass is 32.1. The van der Waals surface area contributed by atoms with Crippen LogP contribution < -0.4 is 24.4 Å². The predicted octanol–water partition coefficient (Wildman–Crippen LogP) is 2.32. The van der Waals surface area contributed by atoms with Crippen LogP contribution in [0.5, 0.6) is 11.5 Å². The van der Waals surface area contributed by atoms with Crippen molar-refractivity contribution < 1.29 is 28.6 Å². The number of esters is 3. The minimum atomic E-state index is -0.680. The van der Waals surface area contributed by atoms with Crippen LogP contribution >= 0.6 is 22.7 Å². The lowest BCUT2D eigenvalue weighted by atomic mass is 10.0. The van der Waals surface area contributed by atoms with Crippen LogP contribution in [0.2, 0.25) is 0 Å². The van der Waals surface area contributed by atoms with Gasteiger partial charge in [0.25, 0.3) is 5.56 Å². The highest BCUT2D eigenvalue weighted by Gasteiger charge is 2.33. The Morgan fingerprint density at radius 2 is 1.86 bits per heavy atom. The number of hydrogen-bond donors (Lipinski definition) is 0. The average Bonchev–Trinajstić information content (AvgIpc) is 3.42. The van der Waals surface area contributed by atoms with E-state index in [-0.39, 0.29) is 17.1 Å². The molecule has 0 amide bonds. The van der Waals surface area contributed by atoms with Gasteiger partial charge in [0, 0.05) is 30.4 Å². The summed E-state index contributed by atoms with van der Waals surface area (Å²) in [5, 5.41) is 1.87. The van der Waals surface area contributed by atoms with Crippen molar-refractivity contribution in [3.8, 4) is 11.5 Å². The maximum absolute atomic E-state index is 13.6. The van der Waals surface area contributed by atoms with Crippen molar-refractivity contribution in [1.82, 2.24) is 4.57 Å². The van der Waals surface area contributed by atoms with Gasteiger partial charge in [-0.3, -0.25) is 19.0 Å². The number of benzene rings is 1. The number of fused-ring (bicyclic) bond motifs is 1. The molecule has 180 valence electrons. The number of carbonyl (C=O) groups is 3. The summed E-state index contributed by atoms with van der Waals surface area (Å²) in [4.78, 5) is 54.9. The number of hydrogen-bond acceptors (Lipinski definition) is 10. The molecule has 1 atom stereocenters. The molecule has 0 N–H and O–H groups in total. The highest BCUT2D eigenvalue weighted by molar-refractivity contribution is 7.10. The van der Waals surface area contributed by atoms with Crippen LogP contribution in [0, 0.1) is 0 Å². The number of thiazole rings is 1.